The number of benzene rings is 1. The Balaban J connectivity index is 1.66. The van der Waals surface area contributed by atoms with Crippen molar-refractivity contribution in [2.75, 3.05) is 0 Å². The zero-order valence-corrected chi connectivity index (χ0v) is 13.3. The molecule has 2 aromatic rings. The van der Waals surface area contributed by atoms with Crippen molar-refractivity contribution in [3.63, 3.8) is 0 Å². The van der Waals surface area contributed by atoms with Crippen LogP contribution in [0.25, 0.3) is 11.4 Å². The Morgan fingerprint density at radius 1 is 1.38 bits per heavy atom. The molecule has 1 aromatic heterocycles. The number of aromatic nitrogens is 2. The van der Waals surface area contributed by atoms with E-state index >= 15 is 0 Å². The van der Waals surface area contributed by atoms with Crippen LogP contribution in [0, 0.1) is 5.82 Å². The minimum Gasteiger partial charge on any atom is -0.382 e. The maximum Gasteiger partial charge on any atom is 0.471 e. The number of nitrogens with one attached hydrogen (secondary N) is 1. The van der Waals surface area contributed by atoms with E-state index in [1.807, 2.05) is 0 Å². The third-order valence-corrected chi connectivity index (χ3v) is 3.52. The molecule has 0 aliphatic carbocycles. The van der Waals surface area contributed by atoms with Crippen LogP contribution in [0.2, 0.25) is 0 Å². The summed E-state index contributed by atoms with van der Waals surface area (Å²) in [6.07, 6.45) is -5.16. The van der Waals surface area contributed by atoms with Crippen LogP contribution in [-0.2, 0) is 22.4 Å². The molecule has 0 spiro atoms. The molecule has 1 aliphatic heterocycles. The fraction of sp³-hybridized carbons (Fsp3) is 0.333. The van der Waals surface area contributed by atoms with E-state index in [0.717, 1.165) is 6.07 Å². The van der Waals surface area contributed by atoms with Crippen molar-refractivity contribution in [1.82, 2.24) is 15.5 Å². The van der Waals surface area contributed by atoms with Gasteiger partial charge in [-0.25, -0.2) is 4.39 Å². The van der Waals surface area contributed by atoms with Gasteiger partial charge in [-0.2, -0.15) is 18.2 Å². The van der Waals surface area contributed by atoms with Gasteiger partial charge in [-0.05, 0) is 24.6 Å². The largest absolute Gasteiger partial charge is 0.471 e. The van der Waals surface area contributed by atoms with E-state index in [4.69, 9.17) is 4.84 Å². The molecule has 1 atom stereocenters. The third kappa shape index (κ3) is 3.81. The fourth-order valence-electron chi connectivity index (χ4n) is 2.24. The van der Waals surface area contributed by atoms with Crippen LogP contribution in [0.4, 0.5) is 17.6 Å². The SMILES string of the molecule is CC1=NOC(C(=O)NCc2ccc(-c3noc(C(F)(F)F)n3)c(F)c2)C1. The molecular weight excluding hydrogens is 360 g/mol. The predicted molar refractivity (Wildman–Crippen MR) is 79.1 cm³/mol. The van der Waals surface area contributed by atoms with E-state index in [-0.39, 0.29) is 12.1 Å². The molecule has 1 amide bonds. The second-order valence-corrected chi connectivity index (χ2v) is 5.58. The molecule has 0 saturated carbocycles. The van der Waals surface area contributed by atoms with Crippen molar-refractivity contribution in [2.24, 2.45) is 5.16 Å². The van der Waals surface area contributed by atoms with Crippen LogP contribution in [0.5, 0.6) is 0 Å². The second kappa shape index (κ2) is 6.73. The molecule has 1 N–H and O–H groups in total. The van der Waals surface area contributed by atoms with Crippen LogP contribution in [-0.4, -0.2) is 27.9 Å². The summed E-state index contributed by atoms with van der Waals surface area (Å²) in [7, 11) is 0. The van der Waals surface area contributed by atoms with Gasteiger partial charge in [0, 0.05) is 13.0 Å². The van der Waals surface area contributed by atoms with Crippen LogP contribution in [0.1, 0.15) is 24.8 Å². The Kier molecular flexibility index (Phi) is 4.62. The highest BCUT2D eigenvalue weighted by Gasteiger charge is 2.38. The lowest BCUT2D eigenvalue weighted by molar-refractivity contribution is -0.159. The van der Waals surface area contributed by atoms with Gasteiger partial charge in [0.05, 0.1) is 11.3 Å². The minimum absolute atomic E-state index is 0.00891. The van der Waals surface area contributed by atoms with Gasteiger partial charge in [-0.1, -0.05) is 16.4 Å². The van der Waals surface area contributed by atoms with Gasteiger partial charge in [0.2, 0.25) is 11.9 Å². The first kappa shape index (κ1) is 17.8. The molecule has 0 fully saturated rings. The summed E-state index contributed by atoms with van der Waals surface area (Å²) in [4.78, 5) is 20.0. The molecule has 0 saturated heterocycles. The molecule has 2 heterocycles. The Bertz CT molecular complexity index is 863. The molecular formula is C15H12F4N4O3. The van der Waals surface area contributed by atoms with Gasteiger partial charge in [-0.15, -0.1) is 0 Å². The van der Waals surface area contributed by atoms with Crippen molar-refractivity contribution in [1.29, 1.82) is 0 Å². The maximum atomic E-state index is 14.2. The van der Waals surface area contributed by atoms with Gasteiger partial charge < -0.3 is 14.7 Å². The lowest BCUT2D eigenvalue weighted by Gasteiger charge is -2.10. The zero-order chi connectivity index (χ0) is 18.9. The van der Waals surface area contributed by atoms with Gasteiger partial charge in [0.25, 0.3) is 5.91 Å². The molecule has 3 rings (SSSR count). The van der Waals surface area contributed by atoms with E-state index in [1.165, 1.54) is 12.1 Å². The summed E-state index contributed by atoms with van der Waals surface area (Å²) in [5.74, 6) is -3.32. The molecule has 1 unspecified atom stereocenters. The quantitative estimate of drug-likeness (QED) is 0.834. The first-order chi connectivity index (χ1) is 12.2. The summed E-state index contributed by atoms with van der Waals surface area (Å²) >= 11 is 0. The first-order valence-electron chi connectivity index (χ1n) is 7.41. The standard InChI is InChI=1S/C15H12F4N4O3/c1-7-4-11(25-22-7)13(24)20-6-8-2-3-9(10(16)5-8)12-21-14(26-23-12)15(17,18)19/h2-3,5,11H,4,6H2,1H3,(H,20,24). The average Bonchev–Trinajstić information content (AvgIpc) is 3.21. The molecule has 0 radical (unpaired) electrons. The van der Waals surface area contributed by atoms with E-state index in [1.54, 1.807) is 6.92 Å². The topological polar surface area (TPSA) is 89.6 Å². The van der Waals surface area contributed by atoms with Crippen LogP contribution in [0.15, 0.2) is 27.9 Å². The molecule has 0 bridgehead atoms. The van der Waals surface area contributed by atoms with Gasteiger partial charge in [0.15, 0.2) is 0 Å². The number of amides is 1. The van der Waals surface area contributed by atoms with Crippen LogP contribution >= 0.6 is 0 Å². The lowest BCUT2D eigenvalue weighted by atomic mass is 10.1. The number of oxime groups is 1. The highest BCUT2D eigenvalue weighted by atomic mass is 19.4. The number of hydrogen-bond donors (Lipinski definition) is 1. The third-order valence-electron chi connectivity index (χ3n) is 3.52. The maximum absolute atomic E-state index is 14.2. The number of alkyl halides is 3. The molecule has 7 nitrogen and oxygen atoms in total. The van der Waals surface area contributed by atoms with Gasteiger partial charge in [-0.3, -0.25) is 4.79 Å². The highest BCUT2D eigenvalue weighted by molar-refractivity contribution is 5.91. The Morgan fingerprint density at radius 3 is 2.73 bits per heavy atom. The molecule has 138 valence electrons. The summed E-state index contributed by atoms with van der Waals surface area (Å²) < 4.78 is 55.6. The number of nitrogens with zero attached hydrogens (tertiary/aromatic N) is 3. The summed E-state index contributed by atoms with van der Waals surface area (Å²) in [5.41, 5.74) is 0.844. The zero-order valence-electron chi connectivity index (χ0n) is 13.3. The smallest absolute Gasteiger partial charge is 0.382 e. The fourth-order valence-corrected chi connectivity index (χ4v) is 2.24. The monoisotopic (exact) mass is 372 g/mol. The van der Waals surface area contributed by atoms with Gasteiger partial charge >= 0.3 is 12.1 Å². The normalized spacial score (nSPS) is 17.0. The summed E-state index contributed by atoms with van der Waals surface area (Å²) in [6.45, 7) is 1.73. The van der Waals surface area contributed by atoms with E-state index in [2.05, 4.69) is 25.1 Å². The summed E-state index contributed by atoms with van der Waals surface area (Å²) in [5, 5.41) is 9.37. The van der Waals surface area contributed by atoms with Crippen molar-refractivity contribution in [3.05, 3.63) is 35.5 Å². The number of carbonyl (C=O) groups excluding carboxylic acids is 1. The van der Waals surface area contributed by atoms with E-state index in [0.29, 0.717) is 17.7 Å². The molecule has 1 aromatic carbocycles. The van der Waals surface area contributed by atoms with Crippen molar-refractivity contribution < 1.29 is 31.7 Å². The van der Waals surface area contributed by atoms with E-state index < -0.39 is 35.7 Å². The van der Waals surface area contributed by atoms with Crippen LogP contribution in [0.3, 0.4) is 0 Å². The second-order valence-electron chi connectivity index (χ2n) is 5.58. The Labute approximate surface area is 144 Å². The Morgan fingerprint density at radius 2 is 2.15 bits per heavy atom. The highest BCUT2D eigenvalue weighted by Crippen LogP contribution is 2.30. The minimum atomic E-state index is -4.81. The number of carbonyl (C=O) groups is 1. The van der Waals surface area contributed by atoms with Crippen molar-refractivity contribution in [2.45, 2.75) is 32.2 Å². The number of hydrogen-bond acceptors (Lipinski definition) is 6. The summed E-state index contributed by atoms with van der Waals surface area (Å²) in [6, 6.07) is 3.71. The molecule has 1 aliphatic rings. The van der Waals surface area contributed by atoms with Crippen molar-refractivity contribution >= 4 is 11.6 Å². The average molecular weight is 372 g/mol. The number of halogens is 4. The molecule has 11 heteroatoms. The predicted octanol–water partition coefficient (Wildman–Crippen LogP) is 2.68. The van der Waals surface area contributed by atoms with Gasteiger partial charge in [0.1, 0.15) is 5.82 Å². The first-order valence-corrected chi connectivity index (χ1v) is 7.41. The lowest BCUT2D eigenvalue weighted by Crippen LogP contribution is -2.34. The Hall–Kier alpha value is -2.98. The van der Waals surface area contributed by atoms with E-state index in [9.17, 15) is 22.4 Å². The number of rotatable bonds is 4. The van der Waals surface area contributed by atoms with Crippen molar-refractivity contribution in [3.8, 4) is 11.4 Å². The molecule has 26 heavy (non-hydrogen) atoms. The van der Waals surface area contributed by atoms with Crippen LogP contribution < -0.4 is 5.32 Å².